The van der Waals surface area contributed by atoms with E-state index in [1.807, 2.05) is 30.0 Å². The van der Waals surface area contributed by atoms with E-state index >= 15 is 0 Å². The molecule has 0 aliphatic carbocycles. The van der Waals surface area contributed by atoms with Crippen LogP contribution in [0.2, 0.25) is 0 Å². The topological polar surface area (TPSA) is 90.3 Å². The van der Waals surface area contributed by atoms with Gasteiger partial charge in [-0.25, -0.2) is 20.9 Å². The van der Waals surface area contributed by atoms with Crippen LogP contribution in [0.4, 0.5) is 11.6 Å². The highest BCUT2D eigenvalue weighted by atomic mass is 16.5. The van der Waals surface area contributed by atoms with Crippen molar-refractivity contribution in [3.05, 3.63) is 23.8 Å². The van der Waals surface area contributed by atoms with Crippen molar-refractivity contribution in [1.29, 1.82) is 0 Å². The fourth-order valence-corrected chi connectivity index (χ4v) is 1.32. The van der Waals surface area contributed by atoms with Crippen molar-refractivity contribution in [3.8, 4) is 0 Å². The highest BCUT2D eigenvalue weighted by Gasteiger charge is 2.06. The van der Waals surface area contributed by atoms with E-state index in [2.05, 4.69) is 9.97 Å². The third-order valence-electron chi connectivity index (χ3n) is 2.03. The van der Waals surface area contributed by atoms with Gasteiger partial charge in [0.05, 0.1) is 11.0 Å². The predicted molar refractivity (Wildman–Crippen MR) is 55.1 cm³/mol. The maximum Gasteiger partial charge on any atom is 0.195 e. The lowest BCUT2D eigenvalue weighted by Crippen LogP contribution is -2.03. The van der Waals surface area contributed by atoms with Crippen LogP contribution in [0, 0.1) is 6.92 Å². The normalized spacial score (nSPS) is 10.3. The van der Waals surface area contributed by atoms with Crippen molar-refractivity contribution in [2.45, 2.75) is 6.92 Å². The molecule has 0 aliphatic heterocycles. The molecule has 6 nitrogen and oxygen atoms in total. The molecule has 1 aromatic carbocycles. The SMILES string of the molecule is Cc1ccc2nc(NO)c(NO)nc2c1. The molecule has 0 fully saturated rings. The Morgan fingerprint density at radius 2 is 1.60 bits per heavy atom. The van der Waals surface area contributed by atoms with Gasteiger partial charge in [-0.15, -0.1) is 0 Å². The minimum absolute atomic E-state index is 0.0776. The van der Waals surface area contributed by atoms with Gasteiger partial charge >= 0.3 is 0 Å². The van der Waals surface area contributed by atoms with Gasteiger partial charge in [0, 0.05) is 0 Å². The van der Waals surface area contributed by atoms with Gasteiger partial charge in [-0.2, -0.15) is 0 Å². The second-order valence-electron chi connectivity index (χ2n) is 3.14. The van der Waals surface area contributed by atoms with Gasteiger partial charge < -0.3 is 0 Å². The fraction of sp³-hybridized carbons (Fsp3) is 0.111. The zero-order valence-corrected chi connectivity index (χ0v) is 8.02. The summed E-state index contributed by atoms with van der Waals surface area (Å²) in [5, 5.41) is 17.5. The van der Waals surface area contributed by atoms with E-state index in [0.29, 0.717) is 11.0 Å². The molecule has 0 spiro atoms. The lowest BCUT2D eigenvalue weighted by molar-refractivity contribution is 0.373. The summed E-state index contributed by atoms with van der Waals surface area (Å²) in [7, 11) is 0. The Kier molecular flexibility index (Phi) is 2.36. The van der Waals surface area contributed by atoms with E-state index < -0.39 is 0 Å². The number of benzene rings is 1. The summed E-state index contributed by atoms with van der Waals surface area (Å²) in [6.07, 6.45) is 0. The van der Waals surface area contributed by atoms with Crippen molar-refractivity contribution in [1.82, 2.24) is 9.97 Å². The molecule has 0 aliphatic rings. The number of aromatic nitrogens is 2. The summed E-state index contributed by atoms with van der Waals surface area (Å²) in [6, 6.07) is 5.52. The van der Waals surface area contributed by atoms with Gasteiger partial charge in [-0.3, -0.25) is 10.4 Å². The zero-order valence-electron chi connectivity index (χ0n) is 8.02. The average molecular weight is 206 g/mol. The van der Waals surface area contributed by atoms with E-state index in [1.165, 1.54) is 0 Å². The standard InChI is InChI=1S/C9H10N4O2/c1-5-2-3-6-7(4-5)11-9(13-15)8(10-6)12-14/h2-4,14-15H,1H3,(H,10,12)(H,11,13). The highest BCUT2D eigenvalue weighted by molar-refractivity contribution is 5.80. The zero-order chi connectivity index (χ0) is 10.8. The van der Waals surface area contributed by atoms with Crippen molar-refractivity contribution >= 4 is 22.7 Å². The minimum Gasteiger partial charge on any atom is -0.290 e. The number of nitrogens with one attached hydrogen (secondary N) is 2. The molecule has 2 rings (SSSR count). The summed E-state index contributed by atoms with van der Waals surface area (Å²) < 4.78 is 0. The molecule has 0 saturated carbocycles. The van der Waals surface area contributed by atoms with Crippen LogP contribution in [-0.2, 0) is 0 Å². The molecule has 0 bridgehead atoms. The molecular formula is C9H10N4O2. The second kappa shape index (κ2) is 3.68. The summed E-state index contributed by atoms with van der Waals surface area (Å²) in [5.74, 6) is 0.157. The first kappa shape index (κ1) is 9.63. The Labute approximate surface area is 85.5 Å². The Morgan fingerprint density at radius 1 is 1.00 bits per heavy atom. The molecule has 1 aromatic heterocycles. The Balaban J connectivity index is 2.69. The van der Waals surface area contributed by atoms with Crippen LogP contribution in [0.5, 0.6) is 0 Å². The number of rotatable bonds is 2. The summed E-state index contributed by atoms with van der Waals surface area (Å²) in [5.41, 5.74) is 6.05. The molecule has 0 unspecified atom stereocenters. The monoisotopic (exact) mass is 206 g/mol. The van der Waals surface area contributed by atoms with Gasteiger partial charge in [0.25, 0.3) is 0 Å². The van der Waals surface area contributed by atoms with Crippen LogP contribution < -0.4 is 11.0 Å². The van der Waals surface area contributed by atoms with E-state index in [4.69, 9.17) is 10.4 Å². The van der Waals surface area contributed by atoms with Crippen molar-refractivity contribution in [2.75, 3.05) is 11.0 Å². The highest BCUT2D eigenvalue weighted by Crippen LogP contribution is 2.20. The van der Waals surface area contributed by atoms with Gasteiger partial charge in [0.2, 0.25) is 0 Å². The quantitative estimate of drug-likeness (QED) is 0.557. The van der Waals surface area contributed by atoms with Crippen LogP contribution in [0.15, 0.2) is 18.2 Å². The Morgan fingerprint density at radius 3 is 2.20 bits per heavy atom. The van der Waals surface area contributed by atoms with E-state index in [1.54, 1.807) is 6.07 Å². The first-order valence-corrected chi connectivity index (χ1v) is 4.33. The predicted octanol–water partition coefficient (Wildman–Crippen LogP) is 1.54. The molecule has 0 amide bonds. The van der Waals surface area contributed by atoms with Crippen molar-refractivity contribution in [3.63, 3.8) is 0 Å². The number of nitrogens with zero attached hydrogens (tertiary/aromatic N) is 2. The van der Waals surface area contributed by atoms with Gasteiger partial charge in [0.15, 0.2) is 11.6 Å². The largest absolute Gasteiger partial charge is 0.290 e. The van der Waals surface area contributed by atoms with Crippen LogP contribution in [0.25, 0.3) is 11.0 Å². The van der Waals surface area contributed by atoms with E-state index in [9.17, 15) is 0 Å². The molecule has 0 saturated heterocycles. The van der Waals surface area contributed by atoms with E-state index in [0.717, 1.165) is 5.56 Å². The summed E-state index contributed by atoms with van der Waals surface area (Å²) >= 11 is 0. The molecule has 0 radical (unpaired) electrons. The van der Waals surface area contributed by atoms with Crippen molar-refractivity contribution < 1.29 is 10.4 Å². The van der Waals surface area contributed by atoms with E-state index in [-0.39, 0.29) is 11.6 Å². The fourth-order valence-electron chi connectivity index (χ4n) is 1.32. The molecule has 78 valence electrons. The Hall–Kier alpha value is -1.92. The molecule has 4 N–H and O–H groups in total. The molecule has 2 aromatic rings. The van der Waals surface area contributed by atoms with Crippen LogP contribution in [0.3, 0.4) is 0 Å². The molecule has 6 heteroatoms. The number of hydrogen-bond acceptors (Lipinski definition) is 6. The summed E-state index contributed by atoms with van der Waals surface area (Å²) in [6.45, 7) is 1.94. The Bertz CT molecular complexity index is 501. The lowest BCUT2D eigenvalue weighted by atomic mass is 10.2. The smallest absolute Gasteiger partial charge is 0.195 e. The van der Waals surface area contributed by atoms with Gasteiger partial charge in [-0.1, -0.05) is 6.07 Å². The minimum atomic E-state index is 0.0776. The molecule has 0 atom stereocenters. The first-order chi connectivity index (χ1) is 7.24. The molecular weight excluding hydrogens is 196 g/mol. The average Bonchev–Trinajstić information content (AvgIpc) is 2.27. The van der Waals surface area contributed by atoms with Gasteiger partial charge in [-0.05, 0) is 24.6 Å². The molecule has 1 heterocycles. The number of aryl methyl sites for hydroxylation is 1. The maximum atomic E-state index is 8.77. The third-order valence-corrected chi connectivity index (χ3v) is 2.03. The number of anilines is 2. The maximum absolute atomic E-state index is 8.77. The van der Waals surface area contributed by atoms with Crippen LogP contribution in [-0.4, -0.2) is 20.4 Å². The number of hydrogen-bond donors (Lipinski definition) is 4. The first-order valence-electron chi connectivity index (χ1n) is 4.33. The second-order valence-corrected chi connectivity index (χ2v) is 3.14. The van der Waals surface area contributed by atoms with Gasteiger partial charge in [0.1, 0.15) is 0 Å². The van der Waals surface area contributed by atoms with Crippen molar-refractivity contribution in [2.24, 2.45) is 0 Å². The molecule has 15 heavy (non-hydrogen) atoms. The number of fused-ring (bicyclic) bond motifs is 1. The lowest BCUT2D eigenvalue weighted by Gasteiger charge is -2.06. The summed E-state index contributed by atoms with van der Waals surface area (Å²) in [4.78, 5) is 8.14. The van der Waals surface area contributed by atoms with Crippen LogP contribution >= 0.6 is 0 Å². The third kappa shape index (κ3) is 1.67. The van der Waals surface area contributed by atoms with Crippen LogP contribution in [0.1, 0.15) is 5.56 Å².